The van der Waals surface area contributed by atoms with E-state index in [0.29, 0.717) is 32.5 Å². The maximum atomic E-state index is 12.7. The Balaban J connectivity index is 1.66. The second-order valence-electron chi connectivity index (χ2n) is 7.18. The molecule has 0 amide bonds. The van der Waals surface area contributed by atoms with Crippen LogP contribution in [0, 0.1) is 6.92 Å². The van der Waals surface area contributed by atoms with Crippen LogP contribution in [0.25, 0.3) is 5.69 Å². The third-order valence-electron chi connectivity index (χ3n) is 4.94. The minimum atomic E-state index is -3.72. The molecule has 0 atom stereocenters. The lowest BCUT2D eigenvalue weighted by Crippen LogP contribution is -2.25. The van der Waals surface area contributed by atoms with Crippen molar-refractivity contribution in [2.24, 2.45) is 0 Å². The summed E-state index contributed by atoms with van der Waals surface area (Å²) in [6, 6.07) is 21.4. The van der Waals surface area contributed by atoms with Crippen molar-refractivity contribution in [1.29, 1.82) is 0 Å². The Morgan fingerprint density at radius 2 is 1.70 bits per heavy atom. The first-order valence-electron chi connectivity index (χ1n) is 9.97. The first kappa shape index (κ1) is 23.8. The first-order chi connectivity index (χ1) is 15.8. The Kier molecular flexibility index (Phi) is 7.41. The highest BCUT2D eigenvalue weighted by Gasteiger charge is 2.20. The first-order valence-corrected chi connectivity index (χ1v) is 13.2. The molecule has 4 rings (SSSR count). The fraction of sp³-hybridized carbons (Fsp3) is 0.130. The monoisotopic (exact) mass is 518 g/mol. The SMILES string of the molecule is Cc1ccccc1CSc1nnc(CNS(=O)(=O)c2ccccc2)n1-c1ccc(Cl)cc1Cl. The fourth-order valence-electron chi connectivity index (χ4n) is 3.17. The standard InChI is InChI=1S/C23H20Cl2N4O2S2/c1-16-7-5-6-8-17(16)15-32-23-28-27-22(29(23)21-12-11-18(24)13-20(21)25)14-26-33(30,31)19-9-3-2-4-10-19/h2-13,26H,14-15H2,1H3. The van der Waals surface area contributed by atoms with Crippen LogP contribution in [0.3, 0.4) is 0 Å². The maximum Gasteiger partial charge on any atom is 0.240 e. The van der Waals surface area contributed by atoms with Crippen molar-refractivity contribution >= 4 is 45.0 Å². The summed E-state index contributed by atoms with van der Waals surface area (Å²) in [7, 11) is -3.72. The normalized spacial score (nSPS) is 11.6. The lowest BCUT2D eigenvalue weighted by atomic mass is 10.1. The van der Waals surface area contributed by atoms with Crippen molar-refractivity contribution < 1.29 is 8.42 Å². The molecule has 1 N–H and O–H groups in total. The van der Waals surface area contributed by atoms with Crippen molar-refractivity contribution in [3.63, 3.8) is 0 Å². The predicted octanol–water partition coefficient (Wildman–Crippen LogP) is 5.65. The van der Waals surface area contributed by atoms with Crippen molar-refractivity contribution in [2.45, 2.75) is 29.3 Å². The van der Waals surface area contributed by atoms with Gasteiger partial charge in [0.15, 0.2) is 11.0 Å². The van der Waals surface area contributed by atoms with Gasteiger partial charge in [0.2, 0.25) is 10.0 Å². The van der Waals surface area contributed by atoms with E-state index in [4.69, 9.17) is 23.2 Å². The highest BCUT2D eigenvalue weighted by Crippen LogP contribution is 2.31. The third-order valence-corrected chi connectivity index (χ3v) is 7.88. The average Bonchev–Trinajstić information content (AvgIpc) is 3.20. The van der Waals surface area contributed by atoms with E-state index >= 15 is 0 Å². The van der Waals surface area contributed by atoms with E-state index in [9.17, 15) is 8.42 Å². The lowest BCUT2D eigenvalue weighted by Gasteiger charge is -2.13. The summed E-state index contributed by atoms with van der Waals surface area (Å²) in [6.45, 7) is 1.99. The summed E-state index contributed by atoms with van der Waals surface area (Å²) in [4.78, 5) is 0.176. The van der Waals surface area contributed by atoms with Gasteiger partial charge in [-0.3, -0.25) is 4.57 Å². The Bertz CT molecular complexity index is 1380. The number of nitrogens with zero attached hydrogens (tertiary/aromatic N) is 3. The van der Waals surface area contributed by atoms with Crippen LogP contribution >= 0.6 is 35.0 Å². The van der Waals surface area contributed by atoms with Gasteiger partial charge in [0, 0.05) is 10.8 Å². The van der Waals surface area contributed by atoms with Crippen molar-refractivity contribution in [2.75, 3.05) is 0 Å². The van der Waals surface area contributed by atoms with Crippen LogP contribution in [0.4, 0.5) is 0 Å². The summed E-state index contributed by atoms with van der Waals surface area (Å²) < 4.78 is 29.8. The number of hydrogen-bond donors (Lipinski definition) is 1. The molecular weight excluding hydrogens is 499 g/mol. The maximum absolute atomic E-state index is 12.7. The Morgan fingerprint density at radius 1 is 0.970 bits per heavy atom. The van der Waals surface area contributed by atoms with E-state index in [0.717, 1.165) is 0 Å². The van der Waals surface area contributed by atoms with E-state index in [1.807, 2.05) is 12.1 Å². The van der Waals surface area contributed by atoms with Gasteiger partial charge < -0.3 is 0 Å². The van der Waals surface area contributed by atoms with E-state index in [2.05, 4.69) is 34.0 Å². The molecule has 170 valence electrons. The molecule has 0 radical (unpaired) electrons. The predicted molar refractivity (Wildman–Crippen MR) is 133 cm³/mol. The van der Waals surface area contributed by atoms with Gasteiger partial charge in [0.25, 0.3) is 0 Å². The number of aryl methyl sites for hydroxylation is 1. The molecular formula is C23H20Cl2N4O2S2. The molecule has 10 heteroatoms. The Hall–Kier alpha value is -2.36. The molecule has 0 fully saturated rings. The van der Waals surface area contributed by atoms with Gasteiger partial charge in [0.05, 0.1) is 22.2 Å². The number of sulfonamides is 1. The molecule has 1 aromatic heterocycles. The van der Waals surface area contributed by atoms with Gasteiger partial charge >= 0.3 is 0 Å². The molecule has 0 spiro atoms. The largest absolute Gasteiger partial charge is 0.271 e. The van der Waals surface area contributed by atoms with Gasteiger partial charge in [-0.25, -0.2) is 13.1 Å². The number of thioether (sulfide) groups is 1. The van der Waals surface area contributed by atoms with E-state index in [-0.39, 0.29) is 11.4 Å². The van der Waals surface area contributed by atoms with Crippen molar-refractivity contribution in [3.05, 3.63) is 99.8 Å². The second kappa shape index (κ2) is 10.3. The third kappa shape index (κ3) is 5.59. The van der Waals surface area contributed by atoms with Crippen molar-refractivity contribution in [3.8, 4) is 5.69 Å². The Labute approximate surface area is 207 Å². The van der Waals surface area contributed by atoms with E-state index < -0.39 is 10.0 Å². The summed E-state index contributed by atoms with van der Waals surface area (Å²) in [5.74, 6) is 1.08. The molecule has 0 aliphatic heterocycles. The number of benzene rings is 3. The number of aromatic nitrogens is 3. The van der Waals surface area contributed by atoms with Crippen LogP contribution in [-0.4, -0.2) is 23.2 Å². The van der Waals surface area contributed by atoms with Gasteiger partial charge in [-0.05, 0) is 48.4 Å². The summed E-state index contributed by atoms with van der Waals surface area (Å²) in [5, 5.41) is 10.1. The van der Waals surface area contributed by atoms with Gasteiger partial charge in [-0.1, -0.05) is 77.4 Å². The number of nitrogens with one attached hydrogen (secondary N) is 1. The van der Waals surface area contributed by atoms with E-state index in [1.165, 1.54) is 35.0 Å². The fourth-order valence-corrected chi connectivity index (χ4v) is 5.70. The van der Waals surface area contributed by atoms with Crippen LogP contribution in [-0.2, 0) is 22.3 Å². The number of halogens is 2. The molecule has 6 nitrogen and oxygen atoms in total. The highest BCUT2D eigenvalue weighted by molar-refractivity contribution is 7.98. The van der Waals surface area contributed by atoms with Crippen LogP contribution in [0.5, 0.6) is 0 Å². The average molecular weight is 519 g/mol. The molecule has 0 aliphatic rings. The topological polar surface area (TPSA) is 76.9 Å². The molecule has 0 saturated carbocycles. The summed E-state index contributed by atoms with van der Waals surface area (Å²) >= 11 is 14.1. The number of rotatable bonds is 8. The quantitative estimate of drug-likeness (QED) is 0.305. The van der Waals surface area contributed by atoms with E-state index in [1.54, 1.807) is 41.0 Å². The summed E-state index contributed by atoms with van der Waals surface area (Å²) in [5.41, 5.74) is 2.97. The van der Waals surface area contributed by atoms with Crippen LogP contribution in [0.15, 0.2) is 82.8 Å². The molecule has 0 unspecified atom stereocenters. The Morgan fingerprint density at radius 3 is 2.42 bits per heavy atom. The zero-order valence-corrected chi connectivity index (χ0v) is 20.7. The molecule has 33 heavy (non-hydrogen) atoms. The van der Waals surface area contributed by atoms with Gasteiger partial charge in [-0.2, -0.15) is 0 Å². The van der Waals surface area contributed by atoms with Gasteiger partial charge in [0.1, 0.15) is 0 Å². The smallest absolute Gasteiger partial charge is 0.240 e. The van der Waals surface area contributed by atoms with Crippen LogP contribution in [0.2, 0.25) is 10.0 Å². The second-order valence-corrected chi connectivity index (χ2v) is 10.7. The summed E-state index contributed by atoms with van der Waals surface area (Å²) in [6.07, 6.45) is 0. The minimum absolute atomic E-state index is 0.0614. The molecule has 0 bridgehead atoms. The highest BCUT2D eigenvalue weighted by atomic mass is 35.5. The molecule has 4 aromatic rings. The minimum Gasteiger partial charge on any atom is -0.271 e. The van der Waals surface area contributed by atoms with Gasteiger partial charge in [-0.15, -0.1) is 10.2 Å². The zero-order valence-electron chi connectivity index (χ0n) is 17.6. The van der Waals surface area contributed by atoms with Crippen LogP contribution < -0.4 is 4.72 Å². The number of hydrogen-bond acceptors (Lipinski definition) is 5. The molecule has 0 aliphatic carbocycles. The van der Waals surface area contributed by atoms with Crippen molar-refractivity contribution in [1.82, 2.24) is 19.5 Å². The zero-order chi connectivity index (χ0) is 23.4. The lowest BCUT2D eigenvalue weighted by molar-refractivity contribution is 0.578. The molecule has 0 saturated heterocycles. The molecule has 3 aromatic carbocycles. The van der Waals surface area contributed by atoms with Crippen LogP contribution in [0.1, 0.15) is 17.0 Å². The molecule has 1 heterocycles.